The van der Waals surface area contributed by atoms with Gasteiger partial charge in [-0.25, -0.2) is 0 Å². The van der Waals surface area contributed by atoms with Gasteiger partial charge in [-0.05, 0) is 33.0 Å². The molecule has 1 aromatic rings. The Morgan fingerprint density at radius 2 is 2.10 bits per heavy atom. The molecule has 1 fully saturated rings. The van der Waals surface area contributed by atoms with E-state index < -0.39 is 0 Å². The SMILES string of the molecule is CNc1cc(N2CCCN(C)CC2C)cc([N+](=O)[O-])c1. The van der Waals surface area contributed by atoms with E-state index in [2.05, 4.69) is 29.1 Å². The molecule has 1 unspecified atom stereocenters. The topological polar surface area (TPSA) is 61.6 Å². The summed E-state index contributed by atoms with van der Waals surface area (Å²) in [7, 11) is 3.90. The van der Waals surface area contributed by atoms with Crippen molar-refractivity contribution in [3.8, 4) is 0 Å². The molecule has 2 rings (SSSR count). The summed E-state index contributed by atoms with van der Waals surface area (Å²) in [6.07, 6.45) is 1.07. The number of rotatable bonds is 3. The Kier molecular flexibility index (Phi) is 4.44. The molecule has 6 nitrogen and oxygen atoms in total. The highest BCUT2D eigenvalue weighted by Gasteiger charge is 2.22. The minimum absolute atomic E-state index is 0.136. The highest BCUT2D eigenvalue weighted by atomic mass is 16.6. The first-order valence-electron chi connectivity index (χ1n) is 6.93. The van der Waals surface area contributed by atoms with Gasteiger partial charge in [-0.2, -0.15) is 0 Å². The van der Waals surface area contributed by atoms with E-state index in [9.17, 15) is 10.1 Å². The Bertz CT molecular complexity index is 492. The number of nitrogens with zero attached hydrogens (tertiary/aromatic N) is 3. The lowest BCUT2D eigenvalue weighted by atomic mass is 10.2. The van der Waals surface area contributed by atoms with E-state index in [1.165, 1.54) is 0 Å². The average Bonchev–Trinajstić information content (AvgIpc) is 2.58. The molecule has 1 saturated heterocycles. The van der Waals surface area contributed by atoms with Crippen LogP contribution < -0.4 is 10.2 Å². The van der Waals surface area contributed by atoms with Gasteiger partial charge in [0.2, 0.25) is 0 Å². The minimum atomic E-state index is -0.334. The number of non-ortho nitro benzene ring substituents is 1. The summed E-state index contributed by atoms with van der Waals surface area (Å²) in [6.45, 7) is 5.13. The van der Waals surface area contributed by atoms with Crippen molar-refractivity contribution in [2.75, 3.05) is 43.9 Å². The van der Waals surface area contributed by atoms with Gasteiger partial charge >= 0.3 is 0 Å². The summed E-state index contributed by atoms with van der Waals surface area (Å²) < 4.78 is 0. The van der Waals surface area contributed by atoms with Crippen LogP contribution in [0, 0.1) is 10.1 Å². The van der Waals surface area contributed by atoms with Gasteiger partial charge in [0.15, 0.2) is 0 Å². The third-order valence-electron chi connectivity index (χ3n) is 3.78. The van der Waals surface area contributed by atoms with Gasteiger partial charge in [-0.1, -0.05) is 0 Å². The number of nitro groups is 1. The molecule has 110 valence electrons. The molecular formula is C14H22N4O2. The van der Waals surface area contributed by atoms with Crippen LogP contribution in [0.25, 0.3) is 0 Å². The van der Waals surface area contributed by atoms with Gasteiger partial charge in [0.1, 0.15) is 0 Å². The van der Waals surface area contributed by atoms with Crippen LogP contribution in [0.4, 0.5) is 17.1 Å². The Balaban J connectivity index is 2.34. The fourth-order valence-electron chi connectivity index (χ4n) is 2.77. The standard InChI is InChI=1S/C14H22N4O2/c1-11-10-16(3)5-4-6-17(11)13-7-12(15-2)8-14(9-13)18(19)20/h7-9,11,15H,4-6,10H2,1-3H3. The van der Waals surface area contributed by atoms with E-state index in [4.69, 9.17) is 0 Å². The molecule has 1 N–H and O–H groups in total. The van der Waals surface area contributed by atoms with Crippen LogP contribution in [0.3, 0.4) is 0 Å². The van der Waals surface area contributed by atoms with Gasteiger partial charge in [-0.15, -0.1) is 0 Å². The summed E-state index contributed by atoms with van der Waals surface area (Å²) in [6, 6.07) is 5.56. The molecule has 0 aromatic heterocycles. The zero-order valence-electron chi connectivity index (χ0n) is 12.3. The minimum Gasteiger partial charge on any atom is -0.388 e. The van der Waals surface area contributed by atoms with Crippen molar-refractivity contribution in [3.63, 3.8) is 0 Å². The van der Waals surface area contributed by atoms with Crippen molar-refractivity contribution in [1.82, 2.24) is 4.90 Å². The molecule has 0 bridgehead atoms. The van der Waals surface area contributed by atoms with Crippen LogP contribution in [-0.2, 0) is 0 Å². The summed E-state index contributed by atoms with van der Waals surface area (Å²) in [5.74, 6) is 0. The number of benzene rings is 1. The fraction of sp³-hybridized carbons (Fsp3) is 0.571. The molecule has 1 heterocycles. The Labute approximate surface area is 119 Å². The quantitative estimate of drug-likeness (QED) is 0.678. The van der Waals surface area contributed by atoms with E-state index in [1.54, 1.807) is 19.2 Å². The molecule has 0 radical (unpaired) electrons. The van der Waals surface area contributed by atoms with Crippen molar-refractivity contribution < 1.29 is 4.92 Å². The fourth-order valence-corrected chi connectivity index (χ4v) is 2.77. The number of anilines is 2. The summed E-state index contributed by atoms with van der Waals surface area (Å²) in [4.78, 5) is 15.3. The Morgan fingerprint density at radius 3 is 2.75 bits per heavy atom. The normalized spacial score (nSPS) is 20.6. The number of nitrogens with one attached hydrogen (secondary N) is 1. The second kappa shape index (κ2) is 6.09. The molecule has 6 heteroatoms. The lowest BCUT2D eigenvalue weighted by molar-refractivity contribution is -0.384. The summed E-state index contributed by atoms with van der Waals surface area (Å²) in [5, 5.41) is 14.1. The van der Waals surface area contributed by atoms with E-state index in [-0.39, 0.29) is 10.6 Å². The molecule has 1 aromatic carbocycles. The van der Waals surface area contributed by atoms with E-state index in [0.717, 1.165) is 37.4 Å². The largest absolute Gasteiger partial charge is 0.388 e. The summed E-state index contributed by atoms with van der Waals surface area (Å²) in [5.41, 5.74) is 1.84. The lowest BCUT2D eigenvalue weighted by Crippen LogP contribution is -2.37. The zero-order valence-corrected chi connectivity index (χ0v) is 12.3. The highest BCUT2D eigenvalue weighted by molar-refractivity contribution is 5.64. The van der Waals surface area contributed by atoms with Gasteiger partial charge in [0.25, 0.3) is 5.69 Å². The molecular weight excluding hydrogens is 256 g/mol. The Morgan fingerprint density at radius 1 is 1.35 bits per heavy atom. The molecule has 0 spiro atoms. The first-order chi connectivity index (χ1) is 9.51. The maximum atomic E-state index is 11.1. The van der Waals surface area contributed by atoms with Crippen LogP contribution >= 0.6 is 0 Å². The van der Waals surface area contributed by atoms with E-state index >= 15 is 0 Å². The predicted molar refractivity (Wildman–Crippen MR) is 81.6 cm³/mol. The Hall–Kier alpha value is -1.82. The molecule has 1 aliphatic rings. The third kappa shape index (κ3) is 3.19. The van der Waals surface area contributed by atoms with Crippen LogP contribution in [0.1, 0.15) is 13.3 Å². The molecule has 1 aliphatic heterocycles. The predicted octanol–water partition coefficient (Wildman–Crippen LogP) is 2.17. The van der Waals surface area contributed by atoms with Crippen molar-refractivity contribution in [2.24, 2.45) is 0 Å². The first-order valence-corrected chi connectivity index (χ1v) is 6.93. The number of hydrogen-bond donors (Lipinski definition) is 1. The third-order valence-corrected chi connectivity index (χ3v) is 3.78. The van der Waals surface area contributed by atoms with Gasteiger partial charge < -0.3 is 15.1 Å². The van der Waals surface area contributed by atoms with Crippen molar-refractivity contribution in [2.45, 2.75) is 19.4 Å². The van der Waals surface area contributed by atoms with Crippen molar-refractivity contribution >= 4 is 17.1 Å². The second-order valence-corrected chi connectivity index (χ2v) is 5.40. The molecule has 0 aliphatic carbocycles. The molecule has 0 saturated carbocycles. The zero-order chi connectivity index (χ0) is 14.7. The molecule has 0 amide bonds. The smallest absolute Gasteiger partial charge is 0.273 e. The van der Waals surface area contributed by atoms with Gasteiger partial charge in [0.05, 0.1) is 4.92 Å². The van der Waals surface area contributed by atoms with Crippen molar-refractivity contribution in [3.05, 3.63) is 28.3 Å². The van der Waals surface area contributed by atoms with Crippen molar-refractivity contribution in [1.29, 1.82) is 0 Å². The number of hydrogen-bond acceptors (Lipinski definition) is 5. The highest BCUT2D eigenvalue weighted by Crippen LogP contribution is 2.29. The van der Waals surface area contributed by atoms with E-state index in [1.807, 2.05) is 6.07 Å². The summed E-state index contributed by atoms with van der Waals surface area (Å²) >= 11 is 0. The lowest BCUT2D eigenvalue weighted by Gasteiger charge is -2.30. The number of nitro benzene ring substituents is 1. The monoisotopic (exact) mass is 278 g/mol. The van der Waals surface area contributed by atoms with Gasteiger partial charge in [-0.3, -0.25) is 10.1 Å². The van der Waals surface area contributed by atoms with Crippen LogP contribution in [0.2, 0.25) is 0 Å². The van der Waals surface area contributed by atoms with Crippen LogP contribution in [0.15, 0.2) is 18.2 Å². The molecule has 1 atom stereocenters. The average molecular weight is 278 g/mol. The van der Waals surface area contributed by atoms with E-state index in [0.29, 0.717) is 6.04 Å². The first kappa shape index (κ1) is 14.6. The van der Waals surface area contributed by atoms with Gasteiger partial charge in [0, 0.05) is 49.7 Å². The maximum Gasteiger partial charge on any atom is 0.273 e. The number of likely N-dealkylation sites (N-methyl/N-ethyl adjacent to an activating group) is 1. The van der Waals surface area contributed by atoms with Crippen LogP contribution in [-0.4, -0.2) is 49.6 Å². The second-order valence-electron chi connectivity index (χ2n) is 5.40. The maximum absolute atomic E-state index is 11.1. The molecule has 20 heavy (non-hydrogen) atoms. The van der Waals surface area contributed by atoms with Crippen LogP contribution in [0.5, 0.6) is 0 Å².